The van der Waals surface area contributed by atoms with Gasteiger partial charge in [-0.05, 0) is 12.1 Å². The van der Waals surface area contributed by atoms with Gasteiger partial charge in [-0.2, -0.15) is 4.31 Å². The normalized spacial score (nSPS) is 17.3. The largest absolute Gasteiger partial charge is 0.245 e. The lowest BCUT2D eigenvalue weighted by molar-refractivity contribution is 0.489. The van der Waals surface area contributed by atoms with E-state index < -0.39 is 10.0 Å². The van der Waals surface area contributed by atoms with Crippen LogP contribution in [-0.4, -0.2) is 30.9 Å². The van der Waals surface area contributed by atoms with Crippen LogP contribution in [0, 0.1) is 0 Å². The number of nitrogens with zero attached hydrogens (tertiary/aromatic N) is 1. The molecule has 0 aliphatic carbocycles. The average Bonchev–Trinajstić information content (AvgIpc) is 2.83. The van der Waals surface area contributed by atoms with Crippen LogP contribution in [0.25, 0.3) is 0 Å². The summed E-state index contributed by atoms with van der Waals surface area (Å²) in [7, 11) is -3.52. The van der Waals surface area contributed by atoms with Crippen molar-refractivity contribution >= 4 is 60.9 Å². The molecule has 1 heterocycles. The number of hydrogen-bond acceptors (Lipinski definition) is 3. The molecule has 0 spiro atoms. The summed E-state index contributed by atoms with van der Waals surface area (Å²) >= 11 is 17.0. The van der Waals surface area contributed by atoms with E-state index in [1.54, 1.807) is 17.8 Å². The van der Waals surface area contributed by atoms with Crippen LogP contribution < -0.4 is 0 Å². The van der Waals surface area contributed by atoms with E-state index in [0.717, 1.165) is 5.75 Å². The van der Waals surface area contributed by atoms with Crippen LogP contribution in [0.4, 0.5) is 0 Å². The van der Waals surface area contributed by atoms with Gasteiger partial charge in [-0.25, -0.2) is 8.42 Å². The molecule has 100 valence electrons. The first-order valence-electron chi connectivity index (χ1n) is 5.09. The standard InChI is InChI=1S/C10H10BrCl2NO2S2/c11-5-7-8(12)1-2-9(10(7)13)18(15,16)14-3-4-17-6-14/h1-2H,3-6H2. The van der Waals surface area contributed by atoms with Crippen molar-refractivity contribution in [2.45, 2.75) is 10.2 Å². The van der Waals surface area contributed by atoms with Crippen molar-refractivity contribution in [1.29, 1.82) is 0 Å². The fourth-order valence-electron chi connectivity index (χ4n) is 1.62. The SMILES string of the molecule is O=S(=O)(c1ccc(Cl)c(CBr)c1Cl)N1CCSC1. The molecule has 3 nitrogen and oxygen atoms in total. The first-order chi connectivity index (χ1) is 8.48. The topological polar surface area (TPSA) is 37.4 Å². The predicted octanol–water partition coefficient (Wildman–Crippen LogP) is 3.58. The molecule has 1 saturated heterocycles. The van der Waals surface area contributed by atoms with Gasteiger partial charge in [0.25, 0.3) is 0 Å². The smallest absolute Gasteiger partial charge is 0.207 e. The molecule has 1 aliphatic heterocycles. The van der Waals surface area contributed by atoms with Gasteiger partial charge >= 0.3 is 0 Å². The highest BCUT2D eigenvalue weighted by Crippen LogP contribution is 2.35. The van der Waals surface area contributed by atoms with Crippen molar-refractivity contribution in [3.63, 3.8) is 0 Å². The number of halogens is 3. The quantitative estimate of drug-likeness (QED) is 0.740. The van der Waals surface area contributed by atoms with E-state index in [9.17, 15) is 8.42 Å². The number of sulfonamides is 1. The van der Waals surface area contributed by atoms with E-state index in [4.69, 9.17) is 23.2 Å². The Morgan fingerprint density at radius 1 is 1.39 bits per heavy atom. The Morgan fingerprint density at radius 2 is 2.11 bits per heavy atom. The molecule has 0 bridgehead atoms. The molecule has 2 rings (SSSR count). The summed E-state index contributed by atoms with van der Waals surface area (Å²) in [6, 6.07) is 3.04. The fraction of sp³-hybridized carbons (Fsp3) is 0.400. The first-order valence-corrected chi connectivity index (χ1v) is 9.56. The maximum atomic E-state index is 12.4. The minimum Gasteiger partial charge on any atom is -0.207 e. The zero-order valence-electron chi connectivity index (χ0n) is 9.20. The molecule has 1 aromatic rings. The van der Waals surface area contributed by atoms with E-state index in [1.807, 2.05) is 0 Å². The highest BCUT2D eigenvalue weighted by molar-refractivity contribution is 9.08. The summed E-state index contributed by atoms with van der Waals surface area (Å²) < 4.78 is 26.2. The molecule has 1 aliphatic rings. The number of benzene rings is 1. The van der Waals surface area contributed by atoms with E-state index in [1.165, 1.54) is 10.4 Å². The highest BCUT2D eigenvalue weighted by atomic mass is 79.9. The van der Waals surface area contributed by atoms with Gasteiger partial charge in [0.05, 0.1) is 10.9 Å². The lowest BCUT2D eigenvalue weighted by Crippen LogP contribution is -2.28. The molecule has 0 radical (unpaired) electrons. The number of rotatable bonds is 3. The van der Waals surface area contributed by atoms with Crippen molar-refractivity contribution in [2.24, 2.45) is 0 Å². The Kier molecular flexibility index (Phi) is 4.89. The molecule has 18 heavy (non-hydrogen) atoms. The van der Waals surface area contributed by atoms with Gasteiger partial charge in [-0.1, -0.05) is 39.1 Å². The van der Waals surface area contributed by atoms with Gasteiger partial charge in [0.2, 0.25) is 10.0 Å². The second-order valence-electron chi connectivity index (χ2n) is 3.69. The van der Waals surface area contributed by atoms with Crippen LogP contribution in [-0.2, 0) is 15.4 Å². The Hall–Kier alpha value is 0.540. The van der Waals surface area contributed by atoms with Gasteiger partial charge in [-0.3, -0.25) is 0 Å². The molecule has 0 aromatic heterocycles. The molecule has 0 saturated carbocycles. The van der Waals surface area contributed by atoms with Crippen molar-refractivity contribution in [3.05, 3.63) is 27.7 Å². The summed E-state index contributed by atoms with van der Waals surface area (Å²) in [6.07, 6.45) is 0. The summed E-state index contributed by atoms with van der Waals surface area (Å²) in [5.41, 5.74) is 0.603. The van der Waals surface area contributed by atoms with Gasteiger partial charge in [0.15, 0.2) is 0 Å². The third kappa shape index (κ3) is 2.69. The van der Waals surface area contributed by atoms with Crippen LogP contribution >= 0.6 is 50.9 Å². The minimum atomic E-state index is -3.52. The van der Waals surface area contributed by atoms with Crippen molar-refractivity contribution in [1.82, 2.24) is 4.31 Å². The number of thioether (sulfide) groups is 1. The first kappa shape index (κ1) is 14.9. The van der Waals surface area contributed by atoms with Crippen LogP contribution in [0.15, 0.2) is 17.0 Å². The van der Waals surface area contributed by atoms with Gasteiger partial charge in [0, 0.05) is 28.2 Å². The van der Waals surface area contributed by atoms with E-state index in [2.05, 4.69) is 15.9 Å². The van der Waals surface area contributed by atoms with E-state index in [-0.39, 0.29) is 9.92 Å². The lowest BCUT2D eigenvalue weighted by Gasteiger charge is -2.17. The zero-order valence-corrected chi connectivity index (χ0v) is 13.9. The maximum Gasteiger partial charge on any atom is 0.245 e. The summed E-state index contributed by atoms with van der Waals surface area (Å²) in [4.78, 5) is 0.130. The van der Waals surface area contributed by atoms with Crippen molar-refractivity contribution < 1.29 is 8.42 Å². The molecular formula is C10H10BrCl2NO2S2. The molecule has 0 unspecified atom stereocenters. The molecule has 0 atom stereocenters. The second kappa shape index (κ2) is 5.89. The Labute approximate surface area is 129 Å². The summed E-state index contributed by atoms with van der Waals surface area (Å²) in [5.74, 6) is 1.29. The van der Waals surface area contributed by atoms with Crippen molar-refractivity contribution in [2.75, 3.05) is 18.2 Å². The van der Waals surface area contributed by atoms with Gasteiger partial charge in [0.1, 0.15) is 4.90 Å². The van der Waals surface area contributed by atoms with Crippen LogP contribution in [0.2, 0.25) is 10.0 Å². The van der Waals surface area contributed by atoms with E-state index >= 15 is 0 Å². The lowest BCUT2D eigenvalue weighted by atomic mass is 10.2. The average molecular weight is 391 g/mol. The van der Waals surface area contributed by atoms with Crippen LogP contribution in [0.3, 0.4) is 0 Å². The Morgan fingerprint density at radius 3 is 2.67 bits per heavy atom. The molecule has 0 amide bonds. The van der Waals surface area contributed by atoms with E-state index in [0.29, 0.717) is 28.3 Å². The maximum absolute atomic E-state index is 12.4. The monoisotopic (exact) mass is 389 g/mol. The molecular weight excluding hydrogens is 381 g/mol. The third-order valence-electron chi connectivity index (χ3n) is 2.62. The second-order valence-corrected chi connectivity index (χ2v) is 8.02. The Bertz CT molecular complexity index is 559. The van der Waals surface area contributed by atoms with Crippen molar-refractivity contribution in [3.8, 4) is 0 Å². The Balaban J connectivity index is 2.51. The fourth-order valence-corrected chi connectivity index (χ4v) is 6.23. The van der Waals surface area contributed by atoms with Gasteiger partial charge in [-0.15, -0.1) is 11.8 Å². The highest BCUT2D eigenvalue weighted by Gasteiger charge is 2.30. The summed E-state index contributed by atoms with van der Waals surface area (Å²) in [5, 5.41) is 1.09. The minimum absolute atomic E-state index is 0.130. The number of hydrogen-bond donors (Lipinski definition) is 0. The zero-order chi connectivity index (χ0) is 13.3. The number of alkyl halides is 1. The summed E-state index contributed by atoms with van der Waals surface area (Å²) in [6.45, 7) is 0.523. The predicted molar refractivity (Wildman–Crippen MR) is 80.3 cm³/mol. The molecule has 8 heteroatoms. The third-order valence-corrected chi connectivity index (χ3v) is 7.10. The van der Waals surface area contributed by atoms with Crippen LogP contribution in [0.5, 0.6) is 0 Å². The van der Waals surface area contributed by atoms with Gasteiger partial charge < -0.3 is 0 Å². The molecule has 0 N–H and O–H groups in total. The molecule has 1 fully saturated rings. The van der Waals surface area contributed by atoms with Crippen LogP contribution in [0.1, 0.15) is 5.56 Å². The molecule has 1 aromatic carbocycles.